The number of halogens is 1. The Morgan fingerprint density at radius 1 is 1.17 bits per heavy atom. The van der Waals surface area contributed by atoms with Crippen LogP contribution in [0.25, 0.3) is 10.8 Å². The summed E-state index contributed by atoms with van der Waals surface area (Å²) < 4.78 is 0. The van der Waals surface area contributed by atoms with Crippen molar-refractivity contribution in [2.45, 2.75) is 19.9 Å². The molecule has 3 aromatic rings. The summed E-state index contributed by atoms with van der Waals surface area (Å²) >= 11 is 7.67. The first-order valence-electron chi connectivity index (χ1n) is 9.40. The van der Waals surface area contributed by atoms with E-state index in [1.54, 1.807) is 12.1 Å². The van der Waals surface area contributed by atoms with Crippen molar-refractivity contribution in [2.24, 2.45) is 5.73 Å². The number of likely N-dealkylation sites (N-methyl/N-ethyl adjacent to an activating group) is 1. The molecule has 29 heavy (non-hydrogen) atoms. The van der Waals surface area contributed by atoms with Crippen LogP contribution in [0.3, 0.4) is 0 Å². The standard InChI is InChI=1S/C21H21ClN4O2S/c1-2-26-10-9-14-17(11-26)29-20(18(14)19(23)27)25-21(28)24-16-8-7-15(22)12-5-3-4-6-13(12)16/h3-8H,2,9-11H2,1H3,(H2,23,27)(H2,24,25,28). The Bertz CT molecular complexity index is 1110. The topological polar surface area (TPSA) is 87.5 Å². The van der Waals surface area contributed by atoms with E-state index in [2.05, 4.69) is 22.5 Å². The number of nitrogens with two attached hydrogens (primary N) is 1. The molecular formula is C21H21ClN4O2S. The Labute approximate surface area is 177 Å². The van der Waals surface area contributed by atoms with E-state index in [1.807, 2.05) is 24.3 Å². The van der Waals surface area contributed by atoms with E-state index in [-0.39, 0.29) is 0 Å². The second kappa shape index (κ2) is 8.02. The molecule has 1 aromatic heterocycles. The van der Waals surface area contributed by atoms with Crippen molar-refractivity contribution in [3.05, 3.63) is 57.4 Å². The SMILES string of the molecule is CCN1CCc2c(sc(NC(=O)Nc3ccc(Cl)c4ccccc34)c2C(N)=O)C1. The van der Waals surface area contributed by atoms with Crippen molar-refractivity contribution in [3.63, 3.8) is 0 Å². The number of anilines is 2. The van der Waals surface area contributed by atoms with Crippen LogP contribution in [0.4, 0.5) is 15.5 Å². The largest absolute Gasteiger partial charge is 0.365 e. The van der Waals surface area contributed by atoms with Crippen molar-refractivity contribution >= 4 is 56.3 Å². The fraction of sp³-hybridized carbons (Fsp3) is 0.238. The monoisotopic (exact) mass is 428 g/mol. The summed E-state index contributed by atoms with van der Waals surface area (Å²) in [5.41, 5.74) is 7.66. The van der Waals surface area contributed by atoms with Crippen molar-refractivity contribution in [1.29, 1.82) is 0 Å². The van der Waals surface area contributed by atoms with Gasteiger partial charge in [-0.25, -0.2) is 4.79 Å². The molecular weight excluding hydrogens is 408 g/mol. The molecule has 8 heteroatoms. The van der Waals surface area contributed by atoms with E-state index in [4.69, 9.17) is 17.3 Å². The van der Waals surface area contributed by atoms with Crippen molar-refractivity contribution in [3.8, 4) is 0 Å². The number of rotatable bonds is 4. The molecule has 0 fully saturated rings. The lowest BCUT2D eigenvalue weighted by molar-refractivity contribution is 0.1000. The molecule has 150 valence electrons. The van der Waals surface area contributed by atoms with Crippen LogP contribution >= 0.6 is 22.9 Å². The van der Waals surface area contributed by atoms with Crippen LogP contribution in [0.15, 0.2) is 36.4 Å². The minimum Gasteiger partial charge on any atom is -0.365 e. The third kappa shape index (κ3) is 3.81. The van der Waals surface area contributed by atoms with Gasteiger partial charge in [-0.1, -0.05) is 42.8 Å². The summed E-state index contributed by atoms with van der Waals surface area (Å²) in [5.74, 6) is -0.514. The summed E-state index contributed by atoms with van der Waals surface area (Å²) in [7, 11) is 0. The predicted molar refractivity (Wildman–Crippen MR) is 119 cm³/mol. The van der Waals surface area contributed by atoms with Gasteiger partial charge >= 0.3 is 6.03 Å². The lowest BCUT2D eigenvalue weighted by Crippen LogP contribution is -2.30. The first-order chi connectivity index (χ1) is 14.0. The average molecular weight is 429 g/mol. The van der Waals surface area contributed by atoms with Gasteiger partial charge in [-0.2, -0.15) is 0 Å². The molecule has 0 atom stereocenters. The highest BCUT2D eigenvalue weighted by Crippen LogP contribution is 2.37. The number of fused-ring (bicyclic) bond motifs is 2. The zero-order chi connectivity index (χ0) is 20.5. The van der Waals surface area contributed by atoms with E-state index in [9.17, 15) is 9.59 Å². The van der Waals surface area contributed by atoms with Crippen molar-refractivity contribution in [1.82, 2.24) is 4.90 Å². The van der Waals surface area contributed by atoms with E-state index in [1.165, 1.54) is 11.3 Å². The van der Waals surface area contributed by atoms with Gasteiger partial charge in [0.2, 0.25) is 0 Å². The Morgan fingerprint density at radius 2 is 1.93 bits per heavy atom. The van der Waals surface area contributed by atoms with Crippen LogP contribution in [0, 0.1) is 0 Å². The van der Waals surface area contributed by atoms with Gasteiger partial charge in [0.1, 0.15) is 5.00 Å². The number of hydrogen-bond donors (Lipinski definition) is 3. The molecule has 6 nitrogen and oxygen atoms in total. The van der Waals surface area contributed by atoms with Crippen molar-refractivity contribution in [2.75, 3.05) is 23.7 Å². The first kappa shape index (κ1) is 19.7. The van der Waals surface area contributed by atoms with Gasteiger partial charge in [0.25, 0.3) is 5.91 Å². The number of carbonyl (C=O) groups is 2. The third-order valence-electron chi connectivity index (χ3n) is 5.18. The highest BCUT2D eigenvalue weighted by Gasteiger charge is 2.27. The molecule has 0 unspecified atom stereocenters. The van der Waals surface area contributed by atoms with E-state index in [0.717, 1.165) is 47.3 Å². The summed E-state index contributed by atoms with van der Waals surface area (Å²) in [6.45, 7) is 4.69. The molecule has 4 rings (SSSR count). The van der Waals surface area contributed by atoms with E-state index >= 15 is 0 Å². The molecule has 0 bridgehead atoms. The lowest BCUT2D eigenvalue weighted by Gasteiger charge is -2.25. The summed E-state index contributed by atoms with van der Waals surface area (Å²) in [5, 5.41) is 8.50. The van der Waals surface area contributed by atoms with Gasteiger partial charge in [-0.15, -0.1) is 11.3 Å². The third-order valence-corrected chi connectivity index (χ3v) is 6.64. The fourth-order valence-electron chi connectivity index (χ4n) is 3.70. The number of hydrogen-bond acceptors (Lipinski definition) is 4. The number of primary amides is 1. The van der Waals surface area contributed by atoms with Crippen LogP contribution in [-0.2, 0) is 13.0 Å². The molecule has 1 aliphatic heterocycles. The molecule has 0 saturated carbocycles. The molecule has 1 aliphatic rings. The number of urea groups is 1. The normalized spacial score (nSPS) is 13.9. The zero-order valence-corrected chi connectivity index (χ0v) is 17.5. The van der Waals surface area contributed by atoms with Gasteiger partial charge in [-0.05, 0) is 30.7 Å². The Hall–Kier alpha value is -2.61. The summed E-state index contributed by atoms with van der Waals surface area (Å²) in [6.07, 6.45) is 0.753. The Balaban J connectivity index is 1.60. The maximum atomic E-state index is 12.7. The lowest BCUT2D eigenvalue weighted by atomic mass is 10.0. The predicted octanol–water partition coefficient (Wildman–Crippen LogP) is 4.68. The molecule has 2 heterocycles. The molecule has 0 radical (unpaired) electrons. The number of amides is 3. The van der Waals surface area contributed by atoms with Gasteiger partial charge in [-0.3, -0.25) is 15.0 Å². The molecule has 0 spiro atoms. The van der Waals surface area contributed by atoms with E-state index in [0.29, 0.717) is 21.3 Å². The Kier molecular flexibility index (Phi) is 5.45. The molecule has 3 amide bonds. The van der Waals surface area contributed by atoms with Crippen LogP contribution in [0.5, 0.6) is 0 Å². The maximum Gasteiger partial charge on any atom is 0.324 e. The Morgan fingerprint density at radius 3 is 2.66 bits per heavy atom. The van der Waals surface area contributed by atoms with Gasteiger partial charge in [0, 0.05) is 33.8 Å². The minimum atomic E-state index is -0.514. The highest BCUT2D eigenvalue weighted by atomic mass is 35.5. The van der Waals surface area contributed by atoms with Gasteiger partial charge in [0.05, 0.1) is 11.3 Å². The minimum absolute atomic E-state index is 0.425. The molecule has 0 saturated heterocycles. The van der Waals surface area contributed by atoms with Gasteiger partial charge in [0.15, 0.2) is 0 Å². The van der Waals surface area contributed by atoms with Crippen LogP contribution in [0.2, 0.25) is 5.02 Å². The first-order valence-corrected chi connectivity index (χ1v) is 10.6. The smallest absolute Gasteiger partial charge is 0.324 e. The number of nitrogens with one attached hydrogen (secondary N) is 2. The molecule has 2 aromatic carbocycles. The zero-order valence-electron chi connectivity index (χ0n) is 15.9. The van der Waals surface area contributed by atoms with Crippen LogP contribution in [0.1, 0.15) is 27.7 Å². The molecule has 4 N–H and O–H groups in total. The number of thiophene rings is 1. The maximum absolute atomic E-state index is 12.7. The van der Waals surface area contributed by atoms with Crippen LogP contribution < -0.4 is 16.4 Å². The summed E-state index contributed by atoms with van der Waals surface area (Å²) in [4.78, 5) is 28.2. The number of benzene rings is 2. The quantitative estimate of drug-likeness (QED) is 0.564. The van der Waals surface area contributed by atoms with Crippen molar-refractivity contribution < 1.29 is 9.59 Å². The van der Waals surface area contributed by atoms with Gasteiger partial charge < -0.3 is 11.1 Å². The average Bonchev–Trinajstić information content (AvgIpc) is 3.07. The second-order valence-corrected chi connectivity index (χ2v) is 8.42. The fourth-order valence-corrected chi connectivity index (χ4v) is 5.22. The van der Waals surface area contributed by atoms with E-state index < -0.39 is 11.9 Å². The molecule has 0 aliphatic carbocycles. The summed E-state index contributed by atoms with van der Waals surface area (Å²) in [6, 6.07) is 10.7. The second-order valence-electron chi connectivity index (χ2n) is 6.91. The number of nitrogens with zero attached hydrogens (tertiary/aromatic N) is 1. The number of carbonyl (C=O) groups excluding carboxylic acids is 2. The van der Waals surface area contributed by atoms with Crippen LogP contribution in [-0.4, -0.2) is 29.9 Å². The highest BCUT2D eigenvalue weighted by molar-refractivity contribution is 7.17.